The molecule has 88 valence electrons. The molecular weight excluding hydrogens is 184 g/mol. The molecule has 0 spiro atoms. The molecule has 15 heavy (non-hydrogen) atoms. The van der Waals surface area contributed by atoms with Crippen LogP contribution in [-0.2, 0) is 0 Å². The molecule has 2 atom stereocenters. The minimum Gasteiger partial charge on any atom is -0.393 e. The molecule has 0 aliphatic carbocycles. The van der Waals surface area contributed by atoms with Crippen molar-refractivity contribution in [3.8, 4) is 11.8 Å². The molecule has 0 aromatic heterocycles. The first-order chi connectivity index (χ1) is 6.85. The quantitative estimate of drug-likeness (QED) is 0.687. The van der Waals surface area contributed by atoms with Gasteiger partial charge in [0, 0.05) is 6.42 Å². The summed E-state index contributed by atoms with van der Waals surface area (Å²) >= 11 is 0. The Kier molecular flexibility index (Phi) is 6.68. The third-order valence-electron chi connectivity index (χ3n) is 2.41. The van der Waals surface area contributed by atoms with E-state index in [0.717, 1.165) is 19.3 Å². The highest BCUT2D eigenvalue weighted by Gasteiger charge is 2.17. The molecule has 0 aromatic carbocycles. The van der Waals surface area contributed by atoms with Gasteiger partial charge in [0.15, 0.2) is 0 Å². The van der Waals surface area contributed by atoms with Crippen LogP contribution in [0.2, 0.25) is 0 Å². The molecule has 0 fully saturated rings. The summed E-state index contributed by atoms with van der Waals surface area (Å²) in [5.41, 5.74) is 0.363. The van der Waals surface area contributed by atoms with Crippen LogP contribution in [0.5, 0.6) is 0 Å². The lowest BCUT2D eigenvalue weighted by Crippen LogP contribution is -2.17. The minimum atomic E-state index is -0.178. The van der Waals surface area contributed by atoms with E-state index in [1.54, 1.807) is 0 Å². The van der Waals surface area contributed by atoms with E-state index in [0.29, 0.717) is 11.3 Å². The zero-order chi connectivity index (χ0) is 11.9. The third kappa shape index (κ3) is 9.82. The zero-order valence-electron chi connectivity index (χ0n) is 10.9. The van der Waals surface area contributed by atoms with Gasteiger partial charge in [-0.1, -0.05) is 27.7 Å². The lowest BCUT2D eigenvalue weighted by atomic mass is 9.83. The Morgan fingerprint density at radius 2 is 1.87 bits per heavy atom. The van der Waals surface area contributed by atoms with Crippen LogP contribution in [-0.4, -0.2) is 11.2 Å². The molecule has 0 bridgehead atoms. The smallest absolute Gasteiger partial charge is 0.0551 e. The van der Waals surface area contributed by atoms with E-state index in [9.17, 15) is 5.11 Å². The van der Waals surface area contributed by atoms with Gasteiger partial charge in [-0.15, -0.1) is 11.8 Å². The number of aliphatic hydroxyl groups excluding tert-OH is 1. The fourth-order valence-electron chi connectivity index (χ4n) is 2.07. The molecule has 1 N–H and O–H groups in total. The van der Waals surface area contributed by atoms with Crippen molar-refractivity contribution in [3.05, 3.63) is 0 Å². The maximum Gasteiger partial charge on any atom is 0.0551 e. The van der Waals surface area contributed by atoms with Gasteiger partial charge in [0.25, 0.3) is 0 Å². The number of hydrogen-bond acceptors (Lipinski definition) is 1. The van der Waals surface area contributed by atoms with Crippen LogP contribution in [0.15, 0.2) is 0 Å². The molecule has 2 unspecified atom stereocenters. The fraction of sp³-hybridized carbons (Fsp3) is 0.857. The number of aliphatic hydroxyl groups is 1. The molecule has 1 heteroatoms. The average molecular weight is 210 g/mol. The highest BCUT2D eigenvalue weighted by atomic mass is 16.3. The van der Waals surface area contributed by atoms with Crippen LogP contribution >= 0.6 is 0 Å². The first kappa shape index (κ1) is 14.5. The van der Waals surface area contributed by atoms with Crippen molar-refractivity contribution in [1.82, 2.24) is 0 Å². The van der Waals surface area contributed by atoms with Crippen molar-refractivity contribution in [3.63, 3.8) is 0 Å². The zero-order valence-corrected chi connectivity index (χ0v) is 10.9. The van der Waals surface area contributed by atoms with Crippen LogP contribution in [0.3, 0.4) is 0 Å². The highest BCUT2D eigenvalue weighted by molar-refractivity contribution is 4.95. The van der Waals surface area contributed by atoms with Gasteiger partial charge in [0.05, 0.1) is 6.10 Å². The van der Waals surface area contributed by atoms with Gasteiger partial charge in [-0.2, -0.15) is 0 Å². The van der Waals surface area contributed by atoms with E-state index >= 15 is 0 Å². The fourth-order valence-corrected chi connectivity index (χ4v) is 2.07. The third-order valence-corrected chi connectivity index (χ3v) is 2.41. The lowest BCUT2D eigenvalue weighted by molar-refractivity contribution is 0.126. The number of rotatable bonds is 5. The largest absolute Gasteiger partial charge is 0.393 e. The summed E-state index contributed by atoms with van der Waals surface area (Å²) in [6.45, 7) is 10.8. The molecule has 0 aromatic rings. The lowest BCUT2D eigenvalue weighted by Gasteiger charge is -2.24. The highest BCUT2D eigenvalue weighted by Crippen LogP contribution is 2.27. The SMILES string of the molecule is CC#CCCC(O)CC(C)CC(C)(C)C. The van der Waals surface area contributed by atoms with Gasteiger partial charge >= 0.3 is 0 Å². The van der Waals surface area contributed by atoms with E-state index in [4.69, 9.17) is 0 Å². The monoisotopic (exact) mass is 210 g/mol. The molecule has 0 heterocycles. The summed E-state index contributed by atoms with van der Waals surface area (Å²) in [6, 6.07) is 0. The molecule has 0 saturated carbocycles. The van der Waals surface area contributed by atoms with Gasteiger partial charge < -0.3 is 5.11 Å². The number of hydrogen-bond donors (Lipinski definition) is 1. The first-order valence-electron chi connectivity index (χ1n) is 5.93. The van der Waals surface area contributed by atoms with Gasteiger partial charge in [-0.3, -0.25) is 0 Å². The second kappa shape index (κ2) is 6.90. The van der Waals surface area contributed by atoms with Gasteiger partial charge in [-0.05, 0) is 37.5 Å². The Bertz CT molecular complexity index is 214. The minimum absolute atomic E-state index is 0.178. The topological polar surface area (TPSA) is 20.2 Å². The van der Waals surface area contributed by atoms with Crippen molar-refractivity contribution < 1.29 is 5.11 Å². The Balaban J connectivity index is 3.74. The predicted octanol–water partition coefficient (Wildman–Crippen LogP) is 3.61. The summed E-state index contributed by atoms with van der Waals surface area (Å²) in [5.74, 6) is 6.44. The van der Waals surface area contributed by atoms with Crippen LogP contribution in [0.25, 0.3) is 0 Å². The van der Waals surface area contributed by atoms with E-state index in [1.165, 1.54) is 6.42 Å². The summed E-state index contributed by atoms with van der Waals surface area (Å²) in [4.78, 5) is 0. The summed E-state index contributed by atoms with van der Waals surface area (Å²) in [5, 5.41) is 9.78. The Morgan fingerprint density at radius 3 is 2.33 bits per heavy atom. The normalized spacial score (nSPS) is 15.3. The maximum absolute atomic E-state index is 9.78. The van der Waals surface area contributed by atoms with Crippen LogP contribution in [0.4, 0.5) is 0 Å². The Labute approximate surface area is 95.3 Å². The van der Waals surface area contributed by atoms with E-state index in [2.05, 4.69) is 39.5 Å². The maximum atomic E-state index is 9.78. The molecule has 0 aliphatic rings. The predicted molar refractivity (Wildman–Crippen MR) is 66.5 cm³/mol. The van der Waals surface area contributed by atoms with Gasteiger partial charge in [0.2, 0.25) is 0 Å². The Hall–Kier alpha value is -0.480. The molecular formula is C14H26O. The second-order valence-corrected chi connectivity index (χ2v) is 5.72. The van der Waals surface area contributed by atoms with Crippen LogP contribution < -0.4 is 0 Å². The molecule has 0 rings (SSSR count). The summed E-state index contributed by atoms with van der Waals surface area (Å²) in [7, 11) is 0. The molecule has 0 amide bonds. The van der Waals surface area contributed by atoms with Crippen molar-refractivity contribution in [2.75, 3.05) is 0 Å². The van der Waals surface area contributed by atoms with E-state index in [-0.39, 0.29) is 6.10 Å². The van der Waals surface area contributed by atoms with Gasteiger partial charge in [-0.25, -0.2) is 0 Å². The van der Waals surface area contributed by atoms with Crippen molar-refractivity contribution in [2.45, 2.75) is 66.4 Å². The Morgan fingerprint density at radius 1 is 1.27 bits per heavy atom. The van der Waals surface area contributed by atoms with E-state index < -0.39 is 0 Å². The first-order valence-corrected chi connectivity index (χ1v) is 5.93. The molecule has 0 aliphatic heterocycles. The summed E-state index contributed by atoms with van der Waals surface area (Å²) in [6.07, 6.45) is 3.53. The molecule has 0 radical (unpaired) electrons. The van der Waals surface area contributed by atoms with Crippen molar-refractivity contribution in [2.24, 2.45) is 11.3 Å². The molecule has 1 nitrogen and oxygen atoms in total. The van der Waals surface area contributed by atoms with Crippen molar-refractivity contribution in [1.29, 1.82) is 0 Å². The van der Waals surface area contributed by atoms with Crippen LogP contribution in [0.1, 0.15) is 60.3 Å². The average Bonchev–Trinajstić information content (AvgIpc) is 2.00. The van der Waals surface area contributed by atoms with Gasteiger partial charge in [0.1, 0.15) is 0 Å². The van der Waals surface area contributed by atoms with E-state index in [1.807, 2.05) is 6.92 Å². The van der Waals surface area contributed by atoms with Crippen LogP contribution in [0, 0.1) is 23.2 Å². The standard InChI is InChI=1S/C14H26O/c1-6-7-8-9-13(15)10-12(2)11-14(3,4)5/h12-13,15H,8-11H2,1-5H3. The second-order valence-electron chi connectivity index (χ2n) is 5.72. The molecule has 0 saturated heterocycles. The van der Waals surface area contributed by atoms with Crippen molar-refractivity contribution >= 4 is 0 Å². The summed E-state index contributed by atoms with van der Waals surface area (Å²) < 4.78 is 0.